The van der Waals surface area contributed by atoms with Crippen LogP contribution in [0.5, 0.6) is 11.5 Å². The molecule has 1 atom stereocenters. The summed E-state index contributed by atoms with van der Waals surface area (Å²) in [6.45, 7) is 3.86. The van der Waals surface area contributed by atoms with E-state index in [2.05, 4.69) is 10.9 Å². The molecule has 0 spiro atoms. The number of anilines is 1. The highest BCUT2D eigenvalue weighted by atomic mass is 16.7. The normalized spacial score (nSPS) is 18.9. The second kappa shape index (κ2) is 6.38. The number of rotatable bonds is 3. The Bertz CT molecular complexity index is 688. The van der Waals surface area contributed by atoms with Crippen LogP contribution in [0.15, 0.2) is 18.2 Å². The largest absolute Gasteiger partial charge is 0.454 e. The summed E-state index contributed by atoms with van der Waals surface area (Å²) in [6, 6.07) is 5.22. The maximum Gasteiger partial charge on any atom is 0.243 e. The van der Waals surface area contributed by atoms with Crippen molar-refractivity contribution in [1.82, 2.24) is 10.9 Å². The molecule has 0 aromatic heterocycles. The summed E-state index contributed by atoms with van der Waals surface area (Å²) in [7, 11) is 0. The van der Waals surface area contributed by atoms with Crippen molar-refractivity contribution in [1.29, 1.82) is 0 Å². The maximum atomic E-state index is 12.2. The molecule has 1 saturated heterocycles. The molecule has 2 aliphatic rings. The molecule has 1 fully saturated rings. The van der Waals surface area contributed by atoms with Crippen LogP contribution in [0.1, 0.15) is 20.3 Å². The fourth-order valence-electron chi connectivity index (χ4n) is 2.56. The van der Waals surface area contributed by atoms with Gasteiger partial charge in [-0.2, -0.15) is 0 Å². The maximum absolute atomic E-state index is 12.2. The summed E-state index contributed by atoms with van der Waals surface area (Å²) >= 11 is 0. The lowest BCUT2D eigenvalue weighted by atomic mass is 10.1. The minimum Gasteiger partial charge on any atom is -0.454 e. The van der Waals surface area contributed by atoms with E-state index in [1.54, 1.807) is 32.0 Å². The van der Waals surface area contributed by atoms with Crippen LogP contribution >= 0.6 is 0 Å². The first-order valence-electron chi connectivity index (χ1n) is 7.75. The number of hydrazine groups is 1. The number of fused-ring (bicyclic) bond motifs is 1. The van der Waals surface area contributed by atoms with Crippen molar-refractivity contribution < 1.29 is 23.9 Å². The highest BCUT2D eigenvalue weighted by Crippen LogP contribution is 2.37. The van der Waals surface area contributed by atoms with Crippen LogP contribution < -0.4 is 25.2 Å². The molecule has 8 heteroatoms. The summed E-state index contributed by atoms with van der Waals surface area (Å²) in [5.74, 6) is -0.338. The van der Waals surface area contributed by atoms with Crippen LogP contribution in [0.25, 0.3) is 0 Å². The molecular weight excluding hydrogens is 314 g/mol. The second-order valence-electron chi connectivity index (χ2n) is 6.08. The van der Waals surface area contributed by atoms with E-state index < -0.39 is 5.92 Å². The number of benzene rings is 1. The zero-order valence-corrected chi connectivity index (χ0v) is 13.5. The van der Waals surface area contributed by atoms with Crippen molar-refractivity contribution in [3.8, 4) is 11.5 Å². The lowest BCUT2D eigenvalue weighted by Gasteiger charge is -2.17. The summed E-state index contributed by atoms with van der Waals surface area (Å²) < 4.78 is 10.6. The molecule has 0 radical (unpaired) electrons. The third-order valence-electron chi connectivity index (χ3n) is 4.00. The van der Waals surface area contributed by atoms with Gasteiger partial charge in [0.25, 0.3) is 0 Å². The predicted molar refractivity (Wildman–Crippen MR) is 84.1 cm³/mol. The second-order valence-corrected chi connectivity index (χ2v) is 6.08. The Hall–Kier alpha value is -2.77. The van der Waals surface area contributed by atoms with Crippen LogP contribution in [-0.4, -0.2) is 31.1 Å². The molecule has 128 valence electrons. The van der Waals surface area contributed by atoms with Crippen molar-refractivity contribution in [3.63, 3.8) is 0 Å². The molecule has 2 N–H and O–H groups in total. The molecule has 0 bridgehead atoms. The molecule has 2 heterocycles. The van der Waals surface area contributed by atoms with E-state index in [1.165, 1.54) is 4.90 Å². The number of carbonyl (C=O) groups excluding carboxylic acids is 3. The van der Waals surface area contributed by atoms with E-state index in [-0.39, 0.29) is 43.4 Å². The molecule has 0 aliphatic carbocycles. The van der Waals surface area contributed by atoms with Gasteiger partial charge < -0.3 is 14.4 Å². The van der Waals surface area contributed by atoms with Gasteiger partial charge in [0.15, 0.2) is 11.5 Å². The zero-order chi connectivity index (χ0) is 17.3. The smallest absolute Gasteiger partial charge is 0.243 e. The van der Waals surface area contributed by atoms with E-state index >= 15 is 0 Å². The van der Waals surface area contributed by atoms with Gasteiger partial charge in [0, 0.05) is 30.6 Å². The first-order valence-corrected chi connectivity index (χ1v) is 7.75. The van der Waals surface area contributed by atoms with Crippen molar-refractivity contribution >= 4 is 23.4 Å². The van der Waals surface area contributed by atoms with E-state index in [4.69, 9.17) is 9.47 Å². The Morgan fingerprint density at radius 3 is 2.71 bits per heavy atom. The van der Waals surface area contributed by atoms with Gasteiger partial charge in [0.1, 0.15) is 0 Å². The monoisotopic (exact) mass is 333 g/mol. The topological polar surface area (TPSA) is 97.0 Å². The standard InChI is InChI=1S/C16H19N3O5/c1-9(2)15(21)17-18-16(22)10-5-14(20)19(7-10)11-3-4-12-13(6-11)24-8-23-12/h3-4,6,9-10H,5,7-8H2,1-2H3,(H,17,21)(H,18,22). The Morgan fingerprint density at radius 1 is 1.21 bits per heavy atom. The fourth-order valence-corrected chi connectivity index (χ4v) is 2.56. The average molecular weight is 333 g/mol. The lowest BCUT2D eigenvalue weighted by molar-refractivity contribution is -0.132. The predicted octanol–water partition coefficient (Wildman–Crippen LogP) is 0.572. The molecule has 1 aromatic rings. The first kappa shape index (κ1) is 16.1. The zero-order valence-electron chi connectivity index (χ0n) is 13.5. The highest BCUT2D eigenvalue weighted by Gasteiger charge is 2.35. The average Bonchev–Trinajstić information content (AvgIpc) is 3.17. The van der Waals surface area contributed by atoms with Crippen LogP contribution in [0.3, 0.4) is 0 Å². The van der Waals surface area contributed by atoms with E-state index in [9.17, 15) is 14.4 Å². The number of amides is 3. The molecular formula is C16H19N3O5. The quantitative estimate of drug-likeness (QED) is 0.788. The molecule has 1 aromatic carbocycles. The lowest BCUT2D eigenvalue weighted by Crippen LogP contribution is -2.46. The third-order valence-corrected chi connectivity index (χ3v) is 4.00. The number of carbonyl (C=O) groups is 3. The van der Waals surface area contributed by atoms with Gasteiger partial charge in [0.2, 0.25) is 24.5 Å². The van der Waals surface area contributed by atoms with Crippen LogP contribution in [0.4, 0.5) is 5.69 Å². The first-order chi connectivity index (χ1) is 11.5. The summed E-state index contributed by atoms with van der Waals surface area (Å²) in [5, 5.41) is 0. The molecule has 24 heavy (non-hydrogen) atoms. The molecule has 0 saturated carbocycles. The van der Waals surface area contributed by atoms with E-state index in [1.807, 2.05) is 0 Å². The van der Waals surface area contributed by atoms with Gasteiger partial charge in [-0.05, 0) is 12.1 Å². The van der Waals surface area contributed by atoms with Crippen LogP contribution in [0, 0.1) is 11.8 Å². The number of nitrogens with one attached hydrogen (secondary N) is 2. The van der Waals surface area contributed by atoms with Crippen molar-refractivity contribution in [2.45, 2.75) is 20.3 Å². The Kier molecular flexibility index (Phi) is 4.28. The fraction of sp³-hybridized carbons (Fsp3) is 0.438. The number of ether oxygens (including phenoxy) is 2. The molecule has 3 rings (SSSR count). The van der Waals surface area contributed by atoms with Crippen molar-refractivity contribution in [2.75, 3.05) is 18.2 Å². The van der Waals surface area contributed by atoms with Gasteiger partial charge in [-0.3, -0.25) is 25.2 Å². The molecule has 3 amide bonds. The molecule has 2 aliphatic heterocycles. The van der Waals surface area contributed by atoms with Gasteiger partial charge in [-0.25, -0.2) is 0 Å². The van der Waals surface area contributed by atoms with Gasteiger partial charge in [0.05, 0.1) is 5.92 Å². The highest BCUT2D eigenvalue weighted by molar-refractivity contribution is 6.00. The third kappa shape index (κ3) is 3.12. The summed E-state index contributed by atoms with van der Waals surface area (Å²) in [5.41, 5.74) is 5.39. The molecule has 1 unspecified atom stereocenters. The van der Waals surface area contributed by atoms with Crippen molar-refractivity contribution in [3.05, 3.63) is 18.2 Å². The minimum atomic E-state index is -0.518. The van der Waals surface area contributed by atoms with Gasteiger partial charge in [-0.1, -0.05) is 13.8 Å². The Morgan fingerprint density at radius 2 is 1.96 bits per heavy atom. The van der Waals surface area contributed by atoms with Gasteiger partial charge >= 0.3 is 0 Å². The van der Waals surface area contributed by atoms with Crippen LogP contribution in [0.2, 0.25) is 0 Å². The Balaban J connectivity index is 1.63. The minimum absolute atomic E-state index is 0.0951. The van der Waals surface area contributed by atoms with Crippen molar-refractivity contribution in [2.24, 2.45) is 11.8 Å². The van der Waals surface area contributed by atoms with E-state index in [0.717, 1.165) is 0 Å². The summed E-state index contributed by atoms with van der Waals surface area (Å²) in [6.07, 6.45) is 0.0951. The molecule has 8 nitrogen and oxygen atoms in total. The SMILES string of the molecule is CC(C)C(=O)NNC(=O)C1CC(=O)N(c2ccc3c(c2)OCO3)C1. The Labute approximate surface area is 139 Å². The number of hydrogen-bond donors (Lipinski definition) is 2. The summed E-state index contributed by atoms with van der Waals surface area (Å²) in [4.78, 5) is 37.4. The number of hydrogen-bond acceptors (Lipinski definition) is 5. The van der Waals surface area contributed by atoms with Crippen LogP contribution in [-0.2, 0) is 14.4 Å². The number of nitrogens with zero attached hydrogens (tertiary/aromatic N) is 1. The van der Waals surface area contributed by atoms with Gasteiger partial charge in [-0.15, -0.1) is 0 Å². The van der Waals surface area contributed by atoms with E-state index in [0.29, 0.717) is 17.2 Å².